The van der Waals surface area contributed by atoms with Crippen LogP contribution in [0.3, 0.4) is 0 Å². The van der Waals surface area contributed by atoms with Crippen molar-refractivity contribution < 1.29 is 9.53 Å². The maximum absolute atomic E-state index is 11.3. The first-order valence-electron chi connectivity index (χ1n) is 4.02. The Kier molecular flexibility index (Phi) is 5.57. The highest BCUT2D eigenvalue weighted by Crippen LogP contribution is 2.01. The van der Waals surface area contributed by atoms with Gasteiger partial charge in [0.2, 0.25) is 5.91 Å². The predicted molar refractivity (Wildman–Crippen MR) is 55.5 cm³/mol. The molecule has 76 valence electrons. The molecule has 13 heavy (non-hydrogen) atoms. The third kappa shape index (κ3) is 4.80. The maximum Gasteiger partial charge on any atom is 0.248 e. The SMILES string of the molecule is COCC(=O)N(C)C(C)CC(N)=S. The molecule has 0 saturated carbocycles. The lowest BCUT2D eigenvalue weighted by atomic mass is 10.2. The number of nitrogens with two attached hydrogens (primary N) is 1. The second-order valence-corrected chi connectivity index (χ2v) is 3.48. The highest BCUT2D eigenvalue weighted by atomic mass is 32.1. The molecule has 0 rings (SSSR count). The molecule has 0 saturated heterocycles. The van der Waals surface area contributed by atoms with Crippen molar-refractivity contribution in [3.05, 3.63) is 0 Å². The molecule has 0 aliphatic carbocycles. The lowest BCUT2D eigenvalue weighted by Crippen LogP contribution is -2.39. The standard InChI is InChI=1S/C8H16N2O2S/c1-6(4-7(9)13)10(2)8(11)5-12-3/h6H,4-5H2,1-3H3,(H2,9,13). The Morgan fingerprint density at radius 3 is 2.62 bits per heavy atom. The average molecular weight is 204 g/mol. The Bertz CT molecular complexity index is 197. The van der Waals surface area contributed by atoms with Crippen molar-refractivity contribution in [3.8, 4) is 0 Å². The van der Waals surface area contributed by atoms with E-state index in [2.05, 4.69) is 0 Å². The van der Waals surface area contributed by atoms with E-state index >= 15 is 0 Å². The molecule has 0 aromatic carbocycles. The molecule has 1 atom stereocenters. The van der Waals surface area contributed by atoms with Crippen LogP contribution < -0.4 is 5.73 Å². The van der Waals surface area contributed by atoms with Crippen molar-refractivity contribution >= 4 is 23.1 Å². The van der Waals surface area contributed by atoms with Crippen LogP contribution >= 0.6 is 12.2 Å². The molecule has 0 radical (unpaired) electrons. The van der Waals surface area contributed by atoms with E-state index < -0.39 is 0 Å². The van der Waals surface area contributed by atoms with Crippen LogP contribution in [-0.4, -0.2) is 42.6 Å². The molecule has 0 heterocycles. The van der Waals surface area contributed by atoms with Crippen molar-refractivity contribution in [3.63, 3.8) is 0 Å². The minimum atomic E-state index is -0.0637. The van der Waals surface area contributed by atoms with Gasteiger partial charge in [-0.3, -0.25) is 4.79 Å². The Morgan fingerprint density at radius 2 is 2.23 bits per heavy atom. The van der Waals surface area contributed by atoms with Crippen molar-refractivity contribution in [2.24, 2.45) is 5.73 Å². The van der Waals surface area contributed by atoms with E-state index in [0.717, 1.165) is 0 Å². The van der Waals surface area contributed by atoms with Crippen LogP contribution in [0.2, 0.25) is 0 Å². The van der Waals surface area contributed by atoms with E-state index in [1.54, 1.807) is 11.9 Å². The molecule has 2 N–H and O–H groups in total. The first kappa shape index (κ1) is 12.3. The number of rotatable bonds is 5. The van der Waals surface area contributed by atoms with Gasteiger partial charge in [0, 0.05) is 26.6 Å². The lowest BCUT2D eigenvalue weighted by molar-refractivity contribution is -0.135. The van der Waals surface area contributed by atoms with E-state index in [-0.39, 0.29) is 18.6 Å². The number of ether oxygens (including phenoxy) is 1. The topological polar surface area (TPSA) is 55.6 Å². The average Bonchev–Trinajstić information content (AvgIpc) is 2.02. The summed E-state index contributed by atoms with van der Waals surface area (Å²) in [6, 6.07) is 0.0279. The molecule has 1 amide bonds. The van der Waals surface area contributed by atoms with Gasteiger partial charge in [-0.2, -0.15) is 0 Å². The molecular weight excluding hydrogens is 188 g/mol. The number of nitrogens with zero attached hydrogens (tertiary/aromatic N) is 1. The molecule has 4 nitrogen and oxygen atoms in total. The summed E-state index contributed by atoms with van der Waals surface area (Å²) in [5.41, 5.74) is 5.37. The van der Waals surface area contributed by atoms with Crippen molar-refractivity contribution in [1.29, 1.82) is 0 Å². The first-order valence-corrected chi connectivity index (χ1v) is 4.42. The number of carbonyl (C=O) groups is 1. The Balaban J connectivity index is 4.00. The summed E-state index contributed by atoms with van der Waals surface area (Å²) in [6.07, 6.45) is 0.543. The van der Waals surface area contributed by atoms with Crippen LogP contribution in [0.15, 0.2) is 0 Å². The maximum atomic E-state index is 11.3. The van der Waals surface area contributed by atoms with Gasteiger partial charge in [0.15, 0.2) is 0 Å². The van der Waals surface area contributed by atoms with Crippen LogP contribution in [0.25, 0.3) is 0 Å². The predicted octanol–water partition coefficient (Wildman–Crippen LogP) is 0.156. The molecule has 1 unspecified atom stereocenters. The van der Waals surface area contributed by atoms with E-state index in [4.69, 9.17) is 22.7 Å². The normalized spacial score (nSPS) is 12.2. The van der Waals surface area contributed by atoms with E-state index in [1.807, 2.05) is 6.92 Å². The number of carbonyl (C=O) groups excluding carboxylic acids is 1. The minimum absolute atomic E-state index is 0.0279. The van der Waals surface area contributed by atoms with Crippen molar-refractivity contribution in [2.45, 2.75) is 19.4 Å². The Morgan fingerprint density at radius 1 is 1.69 bits per heavy atom. The summed E-state index contributed by atoms with van der Waals surface area (Å²) in [7, 11) is 3.20. The number of hydrogen-bond acceptors (Lipinski definition) is 3. The molecule has 5 heteroatoms. The Hall–Kier alpha value is -0.680. The number of thiocarbonyl (C=S) groups is 1. The van der Waals surface area contributed by atoms with Crippen LogP contribution in [0.5, 0.6) is 0 Å². The fourth-order valence-electron chi connectivity index (χ4n) is 0.899. The van der Waals surface area contributed by atoms with Gasteiger partial charge in [-0.1, -0.05) is 12.2 Å². The van der Waals surface area contributed by atoms with Crippen molar-refractivity contribution in [2.75, 3.05) is 20.8 Å². The van der Waals surface area contributed by atoms with Gasteiger partial charge in [-0.05, 0) is 6.92 Å². The number of likely N-dealkylation sites (N-methyl/N-ethyl adjacent to an activating group) is 1. The van der Waals surface area contributed by atoms with Crippen LogP contribution in [-0.2, 0) is 9.53 Å². The quantitative estimate of drug-likeness (QED) is 0.648. The van der Waals surface area contributed by atoms with E-state index in [0.29, 0.717) is 11.4 Å². The zero-order valence-corrected chi connectivity index (χ0v) is 9.06. The summed E-state index contributed by atoms with van der Waals surface area (Å²) >= 11 is 4.75. The van der Waals surface area contributed by atoms with Crippen molar-refractivity contribution in [1.82, 2.24) is 4.90 Å². The summed E-state index contributed by atoms with van der Waals surface area (Å²) < 4.78 is 4.72. The highest BCUT2D eigenvalue weighted by molar-refractivity contribution is 7.80. The van der Waals surface area contributed by atoms with Gasteiger partial charge in [-0.15, -0.1) is 0 Å². The molecule has 0 aromatic heterocycles. The van der Waals surface area contributed by atoms with Gasteiger partial charge in [0.1, 0.15) is 6.61 Å². The molecule has 0 aromatic rings. The smallest absolute Gasteiger partial charge is 0.248 e. The molecule has 0 aliphatic rings. The number of amides is 1. The largest absolute Gasteiger partial charge is 0.393 e. The number of methoxy groups -OCH3 is 1. The molecule has 0 aliphatic heterocycles. The van der Waals surface area contributed by atoms with Crippen LogP contribution in [0.4, 0.5) is 0 Å². The second kappa shape index (κ2) is 5.88. The van der Waals surface area contributed by atoms with E-state index in [9.17, 15) is 4.79 Å². The van der Waals surface area contributed by atoms with Gasteiger partial charge in [0.05, 0.1) is 4.99 Å². The summed E-state index contributed by atoms with van der Waals surface area (Å²) in [5, 5.41) is 0. The summed E-state index contributed by atoms with van der Waals surface area (Å²) in [5.74, 6) is -0.0637. The summed E-state index contributed by atoms with van der Waals surface area (Å²) in [6.45, 7) is 1.99. The monoisotopic (exact) mass is 204 g/mol. The molecule has 0 fully saturated rings. The molecule has 0 spiro atoms. The zero-order valence-electron chi connectivity index (χ0n) is 8.24. The van der Waals surface area contributed by atoms with Gasteiger partial charge in [0.25, 0.3) is 0 Å². The second-order valence-electron chi connectivity index (χ2n) is 2.96. The fraction of sp³-hybridized carbons (Fsp3) is 0.750. The van der Waals surface area contributed by atoms with Gasteiger partial charge >= 0.3 is 0 Å². The Labute approximate surface area is 84.0 Å². The van der Waals surface area contributed by atoms with Crippen LogP contribution in [0.1, 0.15) is 13.3 Å². The van der Waals surface area contributed by atoms with E-state index in [1.165, 1.54) is 7.11 Å². The highest BCUT2D eigenvalue weighted by Gasteiger charge is 2.15. The van der Waals surface area contributed by atoms with Crippen LogP contribution in [0, 0.1) is 0 Å². The third-order valence-electron chi connectivity index (χ3n) is 1.82. The summed E-state index contributed by atoms with van der Waals surface area (Å²) in [4.78, 5) is 13.3. The lowest BCUT2D eigenvalue weighted by Gasteiger charge is -2.24. The van der Waals surface area contributed by atoms with Gasteiger partial charge < -0.3 is 15.4 Å². The molecule has 0 bridgehead atoms. The molecular formula is C8H16N2O2S. The fourth-order valence-corrected chi connectivity index (χ4v) is 1.14. The van der Waals surface area contributed by atoms with Gasteiger partial charge in [-0.25, -0.2) is 0 Å². The zero-order chi connectivity index (χ0) is 10.4. The number of hydrogen-bond donors (Lipinski definition) is 1. The first-order chi connectivity index (χ1) is 5.99. The minimum Gasteiger partial charge on any atom is -0.393 e. The third-order valence-corrected chi connectivity index (χ3v) is 1.99.